The lowest BCUT2D eigenvalue weighted by Crippen LogP contribution is -2.62. The minimum Gasteiger partial charge on any atom is -0.465 e. The number of fused-ring (bicyclic) bond motifs is 1. The highest BCUT2D eigenvalue weighted by atomic mass is 16.7. The molecule has 1 aromatic rings. The summed E-state index contributed by atoms with van der Waals surface area (Å²) >= 11 is 0. The van der Waals surface area contributed by atoms with Crippen molar-refractivity contribution in [1.82, 2.24) is 20.2 Å². The Morgan fingerprint density at radius 2 is 1.74 bits per heavy atom. The molecule has 0 aromatic heterocycles. The summed E-state index contributed by atoms with van der Waals surface area (Å²) in [6, 6.07) is 7.66. The summed E-state index contributed by atoms with van der Waals surface area (Å²) in [5.74, 6) is -1.78. The molecule has 3 saturated heterocycles. The summed E-state index contributed by atoms with van der Waals surface area (Å²) < 4.78 is 21.5. The van der Waals surface area contributed by atoms with Gasteiger partial charge in [-0.2, -0.15) is 0 Å². The molecule has 1 amide bonds. The minimum absolute atomic E-state index is 0.0896. The number of amides is 1. The van der Waals surface area contributed by atoms with E-state index in [1.165, 1.54) is 11.9 Å². The third-order valence-electron chi connectivity index (χ3n) is 7.77. The van der Waals surface area contributed by atoms with Crippen molar-refractivity contribution in [2.24, 2.45) is 0 Å². The van der Waals surface area contributed by atoms with E-state index in [4.69, 9.17) is 18.9 Å². The van der Waals surface area contributed by atoms with Crippen molar-refractivity contribution >= 4 is 23.8 Å². The van der Waals surface area contributed by atoms with E-state index < -0.39 is 42.3 Å². The molecular formula is C30H44N4O8. The molecule has 1 N–H and O–H groups in total. The van der Waals surface area contributed by atoms with Crippen LogP contribution in [0.3, 0.4) is 0 Å². The Morgan fingerprint density at radius 3 is 2.45 bits per heavy atom. The highest BCUT2D eigenvalue weighted by Crippen LogP contribution is 2.26. The quantitative estimate of drug-likeness (QED) is 0.280. The number of esters is 3. The van der Waals surface area contributed by atoms with Crippen LogP contribution in [0.15, 0.2) is 30.3 Å². The van der Waals surface area contributed by atoms with Gasteiger partial charge >= 0.3 is 17.9 Å². The van der Waals surface area contributed by atoms with Crippen LogP contribution in [0.5, 0.6) is 0 Å². The fraction of sp³-hybridized carbons (Fsp3) is 0.667. The lowest BCUT2D eigenvalue weighted by molar-refractivity contribution is -0.199. The van der Waals surface area contributed by atoms with Crippen LogP contribution in [0.1, 0.15) is 51.5 Å². The summed E-state index contributed by atoms with van der Waals surface area (Å²) in [7, 11) is 0. The third-order valence-corrected chi connectivity index (χ3v) is 7.77. The standard InChI is InChI=1S/C30H44N4O8/c1-3-40-29(37)25(14-13-23-9-5-4-6-10-23)31-24-11-7-15-33-16-8-12-26(34(33)28(24)36)30(38)42-22(2)41-27(35)21-32-17-19-39-20-18-32/h4-6,9-10,22,24-26,31H,3,7-8,11-21H2,1-2H3/t22-,24?,25-,26?/m0/s1. The van der Waals surface area contributed by atoms with E-state index in [-0.39, 0.29) is 19.1 Å². The fourth-order valence-corrected chi connectivity index (χ4v) is 5.68. The molecule has 3 heterocycles. The molecule has 3 aliphatic heterocycles. The first-order valence-electron chi connectivity index (χ1n) is 15.1. The first-order chi connectivity index (χ1) is 20.4. The van der Waals surface area contributed by atoms with Gasteiger partial charge < -0.3 is 18.9 Å². The monoisotopic (exact) mass is 588 g/mol. The van der Waals surface area contributed by atoms with Gasteiger partial charge in [0.25, 0.3) is 5.91 Å². The lowest BCUT2D eigenvalue weighted by Gasteiger charge is -2.43. The molecule has 4 atom stereocenters. The molecule has 4 rings (SSSR count). The summed E-state index contributed by atoms with van der Waals surface area (Å²) in [5.41, 5.74) is 1.09. The number of rotatable bonds is 12. The van der Waals surface area contributed by atoms with Gasteiger partial charge in [0.05, 0.1) is 32.4 Å². The van der Waals surface area contributed by atoms with Crippen LogP contribution in [0.2, 0.25) is 0 Å². The average molecular weight is 589 g/mol. The number of hydrogen-bond acceptors (Lipinski definition) is 11. The fourth-order valence-electron chi connectivity index (χ4n) is 5.68. The number of ether oxygens (including phenoxy) is 4. The Morgan fingerprint density at radius 1 is 1.02 bits per heavy atom. The summed E-state index contributed by atoms with van der Waals surface area (Å²) in [6.07, 6.45) is 2.40. The first kappa shape index (κ1) is 31.9. The van der Waals surface area contributed by atoms with Gasteiger partial charge in [-0.25, -0.2) is 9.80 Å². The molecule has 0 saturated carbocycles. The van der Waals surface area contributed by atoms with Crippen LogP contribution in [-0.4, -0.2) is 116 Å². The molecule has 0 radical (unpaired) electrons. The van der Waals surface area contributed by atoms with Crippen molar-refractivity contribution in [1.29, 1.82) is 0 Å². The number of hydrazine groups is 1. The zero-order chi connectivity index (χ0) is 29.9. The normalized spacial score (nSPS) is 23.3. The number of aryl methyl sites for hydroxylation is 1. The van der Waals surface area contributed by atoms with Gasteiger partial charge in [-0.05, 0) is 51.0 Å². The lowest BCUT2D eigenvalue weighted by atomic mass is 10.0. The SMILES string of the molecule is CCOC(=O)[C@H](CCc1ccccc1)NC1CCCN2CCCC(C(=O)O[C@@H](C)OC(=O)CN3CCOCC3)N2C1=O. The Kier molecular flexibility index (Phi) is 12.1. The molecule has 3 fully saturated rings. The number of carbonyl (C=O) groups is 4. The zero-order valence-corrected chi connectivity index (χ0v) is 24.7. The summed E-state index contributed by atoms with van der Waals surface area (Å²) in [6.45, 7) is 7.22. The third kappa shape index (κ3) is 8.97. The predicted octanol–water partition coefficient (Wildman–Crippen LogP) is 1.28. The van der Waals surface area contributed by atoms with Crippen molar-refractivity contribution in [3.8, 4) is 0 Å². The van der Waals surface area contributed by atoms with Gasteiger partial charge in [-0.1, -0.05) is 30.3 Å². The van der Waals surface area contributed by atoms with Crippen molar-refractivity contribution in [2.75, 3.05) is 52.5 Å². The number of nitrogens with one attached hydrogen (secondary N) is 1. The van der Waals surface area contributed by atoms with Gasteiger partial charge in [0.15, 0.2) is 0 Å². The molecule has 1 aromatic carbocycles. The van der Waals surface area contributed by atoms with E-state index in [9.17, 15) is 19.2 Å². The first-order valence-corrected chi connectivity index (χ1v) is 15.1. The molecule has 0 aliphatic carbocycles. The maximum Gasteiger partial charge on any atom is 0.333 e. The number of benzene rings is 1. The van der Waals surface area contributed by atoms with Crippen molar-refractivity contribution in [2.45, 2.75) is 76.8 Å². The van der Waals surface area contributed by atoms with Crippen LogP contribution < -0.4 is 5.32 Å². The van der Waals surface area contributed by atoms with E-state index >= 15 is 0 Å². The van der Waals surface area contributed by atoms with Gasteiger partial charge in [-0.15, -0.1) is 0 Å². The molecule has 0 bridgehead atoms. The smallest absolute Gasteiger partial charge is 0.333 e. The van der Waals surface area contributed by atoms with Gasteiger partial charge in [-0.3, -0.25) is 29.6 Å². The summed E-state index contributed by atoms with van der Waals surface area (Å²) in [5, 5.41) is 6.67. The van der Waals surface area contributed by atoms with E-state index in [1.807, 2.05) is 40.2 Å². The van der Waals surface area contributed by atoms with Crippen molar-refractivity contribution in [3.05, 3.63) is 35.9 Å². The zero-order valence-electron chi connectivity index (χ0n) is 24.7. The van der Waals surface area contributed by atoms with Crippen LogP contribution in [0, 0.1) is 0 Å². The molecule has 232 valence electrons. The number of hydrogen-bond donors (Lipinski definition) is 1. The second-order valence-electron chi connectivity index (χ2n) is 10.9. The Balaban J connectivity index is 1.38. The van der Waals surface area contributed by atoms with Gasteiger partial charge in [0.2, 0.25) is 6.29 Å². The maximum absolute atomic E-state index is 13.9. The van der Waals surface area contributed by atoms with Crippen LogP contribution >= 0.6 is 0 Å². The Labute approximate surface area is 247 Å². The number of nitrogens with zero attached hydrogens (tertiary/aromatic N) is 3. The average Bonchev–Trinajstić information content (AvgIpc) is 3.14. The van der Waals surface area contributed by atoms with Crippen LogP contribution in [0.25, 0.3) is 0 Å². The molecule has 0 spiro atoms. The minimum atomic E-state index is -1.09. The van der Waals surface area contributed by atoms with Crippen molar-refractivity contribution in [3.63, 3.8) is 0 Å². The highest BCUT2D eigenvalue weighted by Gasteiger charge is 2.43. The van der Waals surface area contributed by atoms with Gasteiger partial charge in [0.1, 0.15) is 12.1 Å². The molecule has 12 nitrogen and oxygen atoms in total. The summed E-state index contributed by atoms with van der Waals surface area (Å²) in [4.78, 5) is 54.4. The number of morpholine rings is 1. The molecule has 12 heteroatoms. The van der Waals surface area contributed by atoms with Crippen LogP contribution in [0.4, 0.5) is 0 Å². The van der Waals surface area contributed by atoms with E-state index in [0.717, 1.165) is 12.0 Å². The maximum atomic E-state index is 13.9. The van der Waals surface area contributed by atoms with Crippen molar-refractivity contribution < 1.29 is 38.1 Å². The van der Waals surface area contributed by atoms with E-state index in [1.54, 1.807) is 6.92 Å². The predicted molar refractivity (Wildman–Crippen MR) is 152 cm³/mol. The van der Waals surface area contributed by atoms with Crippen LogP contribution in [-0.2, 0) is 44.5 Å². The topological polar surface area (TPSA) is 127 Å². The molecule has 2 unspecified atom stereocenters. The Bertz CT molecular complexity index is 1050. The second-order valence-corrected chi connectivity index (χ2v) is 10.9. The second kappa shape index (κ2) is 16.0. The Hall–Kier alpha value is -3.06. The highest BCUT2D eigenvalue weighted by molar-refractivity contribution is 5.88. The van der Waals surface area contributed by atoms with Gasteiger partial charge in [0, 0.05) is 33.1 Å². The van der Waals surface area contributed by atoms with E-state index in [0.29, 0.717) is 71.5 Å². The molecular weight excluding hydrogens is 544 g/mol. The molecule has 3 aliphatic rings. The number of carbonyl (C=O) groups excluding carboxylic acids is 4. The van der Waals surface area contributed by atoms with E-state index in [2.05, 4.69) is 5.32 Å². The molecule has 42 heavy (non-hydrogen) atoms. The largest absolute Gasteiger partial charge is 0.465 e.